The lowest BCUT2D eigenvalue weighted by Crippen LogP contribution is -2.37. The number of benzene rings is 1. The van der Waals surface area contributed by atoms with Gasteiger partial charge in [0.05, 0.1) is 0 Å². The lowest BCUT2D eigenvalue weighted by atomic mass is 10.2. The van der Waals surface area contributed by atoms with Crippen LogP contribution in [0.25, 0.3) is 0 Å². The smallest absolute Gasteiger partial charge is 0.231 e. The largest absolute Gasteiger partial charge is 0.454 e. The number of nitrogens with zero attached hydrogens (tertiary/aromatic N) is 1. The van der Waals surface area contributed by atoms with Gasteiger partial charge in [-0.15, -0.1) is 0 Å². The van der Waals surface area contributed by atoms with Gasteiger partial charge in [-0.1, -0.05) is 15.9 Å². The van der Waals surface area contributed by atoms with Crippen molar-refractivity contribution in [3.8, 4) is 11.5 Å². The molecule has 5 heteroatoms. The fourth-order valence-electron chi connectivity index (χ4n) is 2.80. The van der Waals surface area contributed by atoms with E-state index in [4.69, 9.17) is 9.47 Å². The van der Waals surface area contributed by atoms with Crippen molar-refractivity contribution in [2.24, 2.45) is 0 Å². The highest BCUT2D eigenvalue weighted by atomic mass is 79.9. The summed E-state index contributed by atoms with van der Waals surface area (Å²) < 4.78 is 11.9. The van der Waals surface area contributed by atoms with Crippen LogP contribution in [0.5, 0.6) is 11.5 Å². The molecule has 0 aromatic heterocycles. The molecule has 1 aromatic carbocycles. The first-order valence-corrected chi connectivity index (χ1v) is 8.05. The molecule has 1 atom stereocenters. The zero-order chi connectivity index (χ0) is 13.9. The van der Waals surface area contributed by atoms with Gasteiger partial charge >= 0.3 is 0 Å². The van der Waals surface area contributed by atoms with Crippen LogP contribution in [-0.4, -0.2) is 37.4 Å². The van der Waals surface area contributed by atoms with Gasteiger partial charge in [0.15, 0.2) is 11.5 Å². The molecule has 0 aliphatic carbocycles. The molecule has 0 amide bonds. The average Bonchev–Trinajstić information content (AvgIpc) is 3.06. The average molecular weight is 341 g/mol. The first kappa shape index (κ1) is 14.2. The van der Waals surface area contributed by atoms with E-state index in [0.717, 1.165) is 29.1 Å². The highest BCUT2D eigenvalue weighted by molar-refractivity contribution is 9.10. The van der Waals surface area contributed by atoms with Crippen LogP contribution in [0.2, 0.25) is 0 Å². The molecule has 2 aliphatic rings. The molecule has 1 fully saturated rings. The van der Waals surface area contributed by atoms with Crippen LogP contribution in [-0.2, 0) is 6.54 Å². The van der Waals surface area contributed by atoms with Crippen LogP contribution < -0.4 is 14.8 Å². The van der Waals surface area contributed by atoms with Crippen molar-refractivity contribution in [1.82, 2.24) is 10.2 Å². The highest BCUT2D eigenvalue weighted by Crippen LogP contribution is 2.36. The van der Waals surface area contributed by atoms with Gasteiger partial charge in [0.2, 0.25) is 6.79 Å². The summed E-state index contributed by atoms with van der Waals surface area (Å²) >= 11 is 3.60. The second-order valence-corrected chi connectivity index (χ2v) is 6.44. The first-order chi connectivity index (χ1) is 9.72. The third kappa shape index (κ3) is 3.27. The minimum atomic E-state index is 0.323. The maximum Gasteiger partial charge on any atom is 0.231 e. The molecule has 0 bridgehead atoms. The molecule has 1 aromatic rings. The van der Waals surface area contributed by atoms with Crippen molar-refractivity contribution < 1.29 is 9.47 Å². The van der Waals surface area contributed by atoms with Crippen LogP contribution in [0, 0.1) is 0 Å². The molecular weight excluding hydrogens is 320 g/mol. The number of hydrogen-bond donors (Lipinski definition) is 1. The minimum absolute atomic E-state index is 0.323. The molecule has 1 unspecified atom stereocenters. The molecule has 0 saturated carbocycles. The molecule has 2 aliphatic heterocycles. The van der Waals surface area contributed by atoms with Crippen LogP contribution in [0.3, 0.4) is 0 Å². The maximum atomic E-state index is 5.43. The van der Waals surface area contributed by atoms with E-state index >= 15 is 0 Å². The van der Waals surface area contributed by atoms with Crippen molar-refractivity contribution in [2.75, 3.05) is 26.4 Å². The summed E-state index contributed by atoms with van der Waals surface area (Å²) in [6.45, 7) is 7.04. The topological polar surface area (TPSA) is 33.7 Å². The summed E-state index contributed by atoms with van der Waals surface area (Å²) in [4.78, 5) is 2.53. The zero-order valence-electron chi connectivity index (χ0n) is 11.8. The molecule has 4 nitrogen and oxygen atoms in total. The van der Waals surface area contributed by atoms with Gasteiger partial charge in [-0.05, 0) is 50.6 Å². The van der Waals surface area contributed by atoms with E-state index in [1.54, 1.807) is 0 Å². The Balaban J connectivity index is 1.55. The lowest BCUT2D eigenvalue weighted by molar-refractivity contribution is 0.174. The van der Waals surface area contributed by atoms with E-state index in [1.807, 2.05) is 6.07 Å². The first-order valence-electron chi connectivity index (χ1n) is 7.26. The summed E-state index contributed by atoms with van der Waals surface area (Å²) in [5.74, 6) is 1.67. The van der Waals surface area contributed by atoms with E-state index < -0.39 is 0 Å². The van der Waals surface area contributed by atoms with Crippen molar-refractivity contribution in [1.29, 1.82) is 0 Å². The fourth-order valence-corrected chi connectivity index (χ4v) is 3.26. The maximum absolute atomic E-state index is 5.43. The summed E-state index contributed by atoms with van der Waals surface area (Å²) in [5.41, 5.74) is 1.21. The predicted octanol–water partition coefficient (Wildman–Crippen LogP) is 2.75. The Kier molecular flexibility index (Phi) is 4.48. The van der Waals surface area contributed by atoms with Gasteiger partial charge in [-0.2, -0.15) is 0 Å². The van der Waals surface area contributed by atoms with Crippen LogP contribution >= 0.6 is 15.9 Å². The molecule has 110 valence electrons. The van der Waals surface area contributed by atoms with Crippen LogP contribution in [0.15, 0.2) is 16.6 Å². The third-order valence-electron chi connectivity index (χ3n) is 3.91. The Morgan fingerprint density at radius 2 is 1.95 bits per heavy atom. The van der Waals surface area contributed by atoms with Crippen molar-refractivity contribution >= 4 is 15.9 Å². The zero-order valence-corrected chi connectivity index (χ0v) is 13.4. The predicted molar refractivity (Wildman–Crippen MR) is 82.2 cm³/mol. The van der Waals surface area contributed by atoms with Gasteiger partial charge in [0.1, 0.15) is 0 Å². The molecule has 0 radical (unpaired) electrons. The monoisotopic (exact) mass is 340 g/mol. The third-order valence-corrected chi connectivity index (χ3v) is 4.65. The SMILES string of the molecule is CC(CN1CCCC1)NCc1cc2c(cc1Br)OCO2. The lowest BCUT2D eigenvalue weighted by Gasteiger charge is -2.21. The van der Waals surface area contributed by atoms with E-state index in [1.165, 1.54) is 31.5 Å². The standard InChI is InChI=1S/C15H21BrN2O2/c1-11(9-18-4-2-3-5-18)17-8-12-6-14-15(7-13(12)16)20-10-19-14/h6-7,11,17H,2-5,8-10H2,1H3. The number of ether oxygens (including phenoxy) is 2. The van der Waals surface area contributed by atoms with Crippen LogP contribution in [0.4, 0.5) is 0 Å². The second-order valence-electron chi connectivity index (χ2n) is 5.59. The Morgan fingerprint density at radius 3 is 2.70 bits per heavy atom. The van der Waals surface area contributed by atoms with Gasteiger partial charge < -0.3 is 19.7 Å². The summed E-state index contributed by atoms with van der Waals surface area (Å²) in [6.07, 6.45) is 2.70. The normalized spacial score (nSPS) is 19.5. The summed E-state index contributed by atoms with van der Waals surface area (Å²) in [5, 5.41) is 3.59. The second kappa shape index (κ2) is 6.33. The van der Waals surface area contributed by atoms with Gasteiger partial charge in [0, 0.05) is 23.6 Å². The number of likely N-dealkylation sites (tertiary alicyclic amines) is 1. The Morgan fingerprint density at radius 1 is 1.25 bits per heavy atom. The molecular formula is C15H21BrN2O2. The van der Waals surface area contributed by atoms with Gasteiger partial charge in [-0.3, -0.25) is 0 Å². The molecule has 20 heavy (non-hydrogen) atoms. The van der Waals surface area contributed by atoms with E-state index in [0.29, 0.717) is 12.8 Å². The van der Waals surface area contributed by atoms with E-state index in [-0.39, 0.29) is 0 Å². The number of fused-ring (bicyclic) bond motifs is 1. The highest BCUT2D eigenvalue weighted by Gasteiger charge is 2.17. The van der Waals surface area contributed by atoms with Gasteiger partial charge in [0.25, 0.3) is 0 Å². The Bertz CT molecular complexity index is 475. The fraction of sp³-hybridized carbons (Fsp3) is 0.600. The molecule has 3 rings (SSSR count). The molecule has 2 heterocycles. The van der Waals surface area contributed by atoms with Crippen molar-refractivity contribution in [3.05, 3.63) is 22.2 Å². The van der Waals surface area contributed by atoms with Gasteiger partial charge in [-0.25, -0.2) is 0 Å². The van der Waals surface area contributed by atoms with E-state index in [2.05, 4.69) is 39.1 Å². The molecule has 1 saturated heterocycles. The Hall–Kier alpha value is -0.780. The van der Waals surface area contributed by atoms with Crippen LogP contribution in [0.1, 0.15) is 25.3 Å². The Labute approximate surface area is 128 Å². The number of halogens is 1. The summed E-state index contributed by atoms with van der Waals surface area (Å²) in [7, 11) is 0. The molecule has 0 spiro atoms. The number of nitrogens with one attached hydrogen (secondary N) is 1. The number of hydrogen-bond acceptors (Lipinski definition) is 4. The van der Waals surface area contributed by atoms with Crippen molar-refractivity contribution in [2.45, 2.75) is 32.4 Å². The minimum Gasteiger partial charge on any atom is -0.454 e. The van der Waals surface area contributed by atoms with E-state index in [9.17, 15) is 0 Å². The number of rotatable bonds is 5. The molecule has 1 N–H and O–H groups in total. The van der Waals surface area contributed by atoms with Crippen molar-refractivity contribution in [3.63, 3.8) is 0 Å². The quantitative estimate of drug-likeness (QED) is 0.893. The summed E-state index contributed by atoms with van der Waals surface area (Å²) in [6, 6.07) is 4.54.